The van der Waals surface area contributed by atoms with Crippen molar-refractivity contribution in [3.8, 4) is 0 Å². The van der Waals surface area contributed by atoms with Gasteiger partial charge < -0.3 is 10.1 Å². The van der Waals surface area contributed by atoms with Gasteiger partial charge in [-0.25, -0.2) is 4.98 Å². The summed E-state index contributed by atoms with van der Waals surface area (Å²) < 4.78 is 6.17. The van der Waals surface area contributed by atoms with Gasteiger partial charge in [0.25, 0.3) is 0 Å². The van der Waals surface area contributed by atoms with Crippen molar-refractivity contribution < 1.29 is 14.3 Å². The number of fused-ring (bicyclic) bond motifs is 1. The topological polar surface area (TPSA) is 68.3 Å². The third-order valence-electron chi connectivity index (χ3n) is 4.47. The van der Waals surface area contributed by atoms with Crippen LogP contribution in [0.3, 0.4) is 0 Å². The first kappa shape index (κ1) is 16.9. The standard InChI is InChI=1S/C18H22N2O3S/c1-2-23-17(22)15(12-8-4-3-5-9-12)16(21)20-18-19-13-10-6-7-11-14(13)24-18/h6-7,10-12,15H,2-5,8-9H2,1H3,(H,19,20,21)/t15-/m0/s1. The highest BCUT2D eigenvalue weighted by Crippen LogP contribution is 2.32. The van der Waals surface area contributed by atoms with E-state index in [0.29, 0.717) is 5.13 Å². The Kier molecular flexibility index (Phi) is 5.45. The predicted octanol–water partition coefficient (Wildman–Crippen LogP) is 3.99. The highest BCUT2D eigenvalue weighted by Gasteiger charge is 2.37. The molecule has 1 N–H and O–H groups in total. The minimum Gasteiger partial charge on any atom is -0.465 e. The number of nitrogens with zero attached hydrogens (tertiary/aromatic N) is 1. The molecule has 6 heteroatoms. The van der Waals surface area contributed by atoms with Crippen LogP contribution >= 0.6 is 11.3 Å². The van der Waals surface area contributed by atoms with Crippen molar-refractivity contribution in [1.29, 1.82) is 0 Å². The lowest BCUT2D eigenvalue weighted by atomic mass is 9.79. The van der Waals surface area contributed by atoms with E-state index < -0.39 is 11.9 Å². The Morgan fingerprint density at radius 2 is 2.04 bits per heavy atom. The number of esters is 1. The summed E-state index contributed by atoms with van der Waals surface area (Å²) in [5.74, 6) is -1.38. The summed E-state index contributed by atoms with van der Waals surface area (Å²) in [6.07, 6.45) is 5.10. The number of thiazole rings is 1. The molecule has 0 unspecified atom stereocenters. The molecule has 3 rings (SSSR count). The summed E-state index contributed by atoms with van der Waals surface area (Å²) in [5, 5.41) is 3.37. The number of anilines is 1. The van der Waals surface area contributed by atoms with Gasteiger partial charge >= 0.3 is 5.97 Å². The normalized spacial score (nSPS) is 16.7. The molecule has 128 valence electrons. The number of para-hydroxylation sites is 1. The zero-order valence-corrected chi connectivity index (χ0v) is 14.6. The van der Waals surface area contributed by atoms with Gasteiger partial charge in [0.1, 0.15) is 5.92 Å². The van der Waals surface area contributed by atoms with E-state index in [4.69, 9.17) is 4.74 Å². The van der Waals surface area contributed by atoms with Crippen LogP contribution in [-0.4, -0.2) is 23.5 Å². The Bertz CT molecular complexity index is 689. The molecular formula is C18H22N2O3S. The van der Waals surface area contributed by atoms with Gasteiger partial charge in [-0.05, 0) is 37.8 Å². The lowest BCUT2D eigenvalue weighted by Crippen LogP contribution is -2.37. The number of ether oxygens (including phenoxy) is 1. The third kappa shape index (κ3) is 3.75. The fourth-order valence-electron chi connectivity index (χ4n) is 3.32. The SMILES string of the molecule is CCOC(=O)[C@H](C(=O)Nc1nc2ccccc2s1)C1CCCCC1. The van der Waals surface area contributed by atoms with Gasteiger partial charge in [0.2, 0.25) is 5.91 Å². The minimum absolute atomic E-state index is 0.0622. The van der Waals surface area contributed by atoms with Crippen LogP contribution in [0, 0.1) is 11.8 Å². The maximum absolute atomic E-state index is 12.8. The molecule has 24 heavy (non-hydrogen) atoms. The Morgan fingerprint density at radius 1 is 1.29 bits per heavy atom. The van der Waals surface area contributed by atoms with E-state index >= 15 is 0 Å². The number of aromatic nitrogens is 1. The molecule has 1 heterocycles. The Labute approximate surface area is 145 Å². The van der Waals surface area contributed by atoms with E-state index in [1.807, 2.05) is 24.3 Å². The van der Waals surface area contributed by atoms with Crippen molar-refractivity contribution in [2.45, 2.75) is 39.0 Å². The van der Waals surface area contributed by atoms with Crippen LogP contribution in [0.25, 0.3) is 10.2 Å². The zero-order chi connectivity index (χ0) is 16.9. The molecule has 1 amide bonds. The fraction of sp³-hybridized carbons (Fsp3) is 0.500. The van der Waals surface area contributed by atoms with Crippen LogP contribution in [-0.2, 0) is 14.3 Å². The first-order valence-electron chi connectivity index (χ1n) is 8.52. The molecule has 1 atom stereocenters. The van der Waals surface area contributed by atoms with Crippen molar-refractivity contribution in [2.75, 3.05) is 11.9 Å². The van der Waals surface area contributed by atoms with Crippen molar-refractivity contribution >= 4 is 38.6 Å². The summed E-state index contributed by atoms with van der Waals surface area (Å²) in [7, 11) is 0. The maximum Gasteiger partial charge on any atom is 0.318 e. The van der Waals surface area contributed by atoms with Gasteiger partial charge in [-0.15, -0.1) is 0 Å². The number of carbonyl (C=O) groups excluding carboxylic acids is 2. The predicted molar refractivity (Wildman–Crippen MR) is 94.9 cm³/mol. The third-order valence-corrected chi connectivity index (χ3v) is 5.42. The Balaban J connectivity index is 1.77. The lowest BCUT2D eigenvalue weighted by Gasteiger charge is -2.27. The monoisotopic (exact) mass is 346 g/mol. The summed E-state index contributed by atoms with van der Waals surface area (Å²) in [4.78, 5) is 29.5. The number of nitrogens with one attached hydrogen (secondary N) is 1. The van der Waals surface area contributed by atoms with E-state index in [-0.39, 0.29) is 18.4 Å². The molecule has 1 aromatic heterocycles. The molecule has 0 radical (unpaired) electrons. The van der Waals surface area contributed by atoms with Crippen molar-refractivity contribution in [3.05, 3.63) is 24.3 Å². The van der Waals surface area contributed by atoms with Crippen molar-refractivity contribution in [3.63, 3.8) is 0 Å². The Hall–Kier alpha value is -1.95. The number of amides is 1. The number of rotatable bonds is 5. The maximum atomic E-state index is 12.8. The molecule has 1 fully saturated rings. The van der Waals surface area contributed by atoms with Crippen LogP contribution < -0.4 is 5.32 Å². The van der Waals surface area contributed by atoms with Crippen molar-refractivity contribution in [1.82, 2.24) is 4.98 Å². The molecule has 0 spiro atoms. The van der Waals surface area contributed by atoms with Crippen LogP contribution in [0.2, 0.25) is 0 Å². The molecule has 1 aromatic carbocycles. The number of carbonyl (C=O) groups is 2. The van der Waals surface area contributed by atoms with Gasteiger partial charge in [0.15, 0.2) is 5.13 Å². The van der Waals surface area contributed by atoms with Gasteiger partial charge in [-0.2, -0.15) is 0 Å². The first-order chi connectivity index (χ1) is 11.7. The van der Waals surface area contributed by atoms with E-state index in [1.54, 1.807) is 6.92 Å². The van der Waals surface area contributed by atoms with Crippen LogP contribution in [0.1, 0.15) is 39.0 Å². The molecule has 1 aliphatic rings. The van der Waals surface area contributed by atoms with Crippen LogP contribution in [0.5, 0.6) is 0 Å². The lowest BCUT2D eigenvalue weighted by molar-refractivity contribution is -0.153. The average molecular weight is 346 g/mol. The summed E-state index contributed by atoms with van der Waals surface area (Å²) in [5.41, 5.74) is 0.850. The van der Waals surface area contributed by atoms with Crippen LogP contribution in [0.4, 0.5) is 5.13 Å². The molecule has 0 bridgehead atoms. The molecule has 0 aliphatic heterocycles. The molecule has 2 aromatic rings. The molecule has 1 saturated carbocycles. The fourth-order valence-corrected chi connectivity index (χ4v) is 4.19. The smallest absolute Gasteiger partial charge is 0.318 e. The highest BCUT2D eigenvalue weighted by atomic mass is 32.1. The largest absolute Gasteiger partial charge is 0.465 e. The number of hydrogen-bond acceptors (Lipinski definition) is 5. The average Bonchev–Trinajstić information content (AvgIpc) is 2.98. The second-order valence-electron chi connectivity index (χ2n) is 6.10. The summed E-state index contributed by atoms with van der Waals surface area (Å²) in [6.45, 7) is 2.05. The quantitative estimate of drug-likeness (QED) is 0.656. The second-order valence-corrected chi connectivity index (χ2v) is 7.13. The van der Waals surface area contributed by atoms with E-state index in [1.165, 1.54) is 17.8 Å². The molecule has 0 saturated heterocycles. The van der Waals surface area contributed by atoms with Crippen LogP contribution in [0.15, 0.2) is 24.3 Å². The number of benzene rings is 1. The summed E-state index contributed by atoms with van der Waals surface area (Å²) in [6, 6.07) is 7.73. The van der Waals surface area contributed by atoms with Gasteiger partial charge in [0.05, 0.1) is 16.8 Å². The first-order valence-corrected chi connectivity index (χ1v) is 9.33. The van der Waals surface area contributed by atoms with E-state index in [2.05, 4.69) is 10.3 Å². The summed E-state index contributed by atoms with van der Waals surface area (Å²) >= 11 is 1.42. The zero-order valence-electron chi connectivity index (χ0n) is 13.8. The molecule has 1 aliphatic carbocycles. The number of hydrogen-bond donors (Lipinski definition) is 1. The molecular weight excluding hydrogens is 324 g/mol. The second kappa shape index (κ2) is 7.75. The molecule has 5 nitrogen and oxygen atoms in total. The highest BCUT2D eigenvalue weighted by molar-refractivity contribution is 7.22. The van der Waals surface area contributed by atoms with Gasteiger partial charge in [-0.3, -0.25) is 9.59 Å². The Morgan fingerprint density at radius 3 is 2.75 bits per heavy atom. The minimum atomic E-state index is -0.739. The van der Waals surface area contributed by atoms with Crippen molar-refractivity contribution in [2.24, 2.45) is 11.8 Å². The van der Waals surface area contributed by atoms with Gasteiger partial charge in [-0.1, -0.05) is 42.7 Å². The van der Waals surface area contributed by atoms with E-state index in [9.17, 15) is 9.59 Å². The van der Waals surface area contributed by atoms with Gasteiger partial charge in [0, 0.05) is 0 Å². The van der Waals surface area contributed by atoms with E-state index in [0.717, 1.165) is 35.9 Å².